The monoisotopic (exact) mass is 200 g/mol. The van der Waals surface area contributed by atoms with Gasteiger partial charge in [0, 0.05) is 12.4 Å². The number of aromatic nitrogens is 1. The maximum Gasteiger partial charge on any atom is 0.143 e. The Hall–Kier alpha value is -2.08. The molecule has 0 spiro atoms. The quantitative estimate of drug-likeness (QED) is 0.695. The number of nitrogens with zero attached hydrogens (tertiary/aromatic N) is 2. The smallest absolute Gasteiger partial charge is 0.143 e. The summed E-state index contributed by atoms with van der Waals surface area (Å²) in [6.07, 6.45) is 3.57. The van der Waals surface area contributed by atoms with Crippen LogP contribution in [0.1, 0.15) is 11.1 Å². The SMILES string of the molecule is Cc1cc(F)c(C#N)c(-n2cccc2)c1. The van der Waals surface area contributed by atoms with Crippen molar-refractivity contribution in [3.05, 3.63) is 53.6 Å². The van der Waals surface area contributed by atoms with E-state index in [9.17, 15) is 4.39 Å². The average Bonchev–Trinajstić information content (AvgIpc) is 2.69. The van der Waals surface area contributed by atoms with Crippen LogP contribution >= 0.6 is 0 Å². The van der Waals surface area contributed by atoms with Crippen LogP contribution in [0.5, 0.6) is 0 Å². The van der Waals surface area contributed by atoms with Gasteiger partial charge in [0.05, 0.1) is 5.69 Å². The lowest BCUT2D eigenvalue weighted by Gasteiger charge is -2.07. The minimum atomic E-state index is -0.471. The van der Waals surface area contributed by atoms with Crippen LogP contribution in [0.4, 0.5) is 4.39 Å². The molecule has 3 heteroatoms. The summed E-state index contributed by atoms with van der Waals surface area (Å²) in [7, 11) is 0. The molecule has 15 heavy (non-hydrogen) atoms. The van der Waals surface area contributed by atoms with Gasteiger partial charge in [-0.3, -0.25) is 0 Å². The summed E-state index contributed by atoms with van der Waals surface area (Å²) < 4.78 is 15.2. The number of nitriles is 1. The number of rotatable bonds is 1. The van der Waals surface area contributed by atoms with E-state index in [1.54, 1.807) is 30.0 Å². The second kappa shape index (κ2) is 3.58. The van der Waals surface area contributed by atoms with E-state index in [1.807, 2.05) is 18.2 Å². The Morgan fingerprint density at radius 2 is 1.93 bits per heavy atom. The van der Waals surface area contributed by atoms with Crippen molar-refractivity contribution in [2.45, 2.75) is 6.92 Å². The number of halogens is 1. The highest BCUT2D eigenvalue weighted by atomic mass is 19.1. The minimum Gasteiger partial charge on any atom is -0.322 e. The Bertz CT molecular complexity index is 521. The molecule has 0 fully saturated rings. The lowest BCUT2D eigenvalue weighted by atomic mass is 10.1. The van der Waals surface area contributed by atoms with Crippen molar-refractivity contribution in [3.63, 3.8) is 0 Å². The van der Waals surface area contributed by atoms with Gasteiger partial charge in [0.15, 0.2) is 0 Å². The topological polar surface area (TPSA) is 28.7 Å². The molecule has 1 aromatic heterocycles. The van der Waals surface area contributed by atoms with Gasteiger partial charge in [-0.15, -0.1) is 0 Å². The van der Waals surface area contributed by atoms with Crippen LogP contribution in [-0.4, -0.2) is 4.57 Å². The van der Waals surface area contributed by atoms with Crippen molar-refractivity contribution in [3.8, 4) is 11.8 Å². The standard InChI is InChI=1S/C12H9FN2/c1-9-6-11(13)10(8-14)12(7-9)15-4-2-3-5-15/h2-7H,1H3. The van der Waals surface area contributed by atoms with Crippen molar-refractivity contribution in [2.75, 3.05) is 0 Å². The highest BCUT2D eigenvalue weighted by molar-refractivity contribution is 5.51. The predicted octanol–water partition coefficient (Wildman–Crippen LogP) is 2.80. The Morgan fingerprint density at radius 1 is 1.27 bits per heavy atom. The van der Waals surface area contributed by atoms with Gasteiger partial charge in [0.2, 0.25) is 0 Å². The van der Waals surface area contributed by atoms with Gasteiger partial charge in [-0.1, -0.05) is 0 Å². The van der Waals surface area contributed by atoms with Gasteiger partial charge in [0.1, 0.15) is 17.4 Å². The zero-order valence-electron chi connectivity index (χ0n) is 8.24. The van der Waals surface area contributed by atoms with E-state index < -0.39 is 5.82 Å². The van der Waals surface area contributed by atoms with Crippen LogP contribution < -0.4 is 0 Å². The molecule has 1 aromatic carbocycles. The largest absolute Gasteiger partial charge is 0.322 e. The molecule has 2 nitrogen and oxygen atoms in total. The van der Waals surface area contributed by atoms with Crippen LogP contribution in [0.3, 0.4) is 0 Å². The molecule has 0 saturated heterocycles. The number of benzene rings is 1. The van der Waals surface area contributed by atoms with E-state index in [1.165, 1.54) is 6.07 Å². The normalized spacial score (nSPS) is 9.93. The molecule has 0 atom stereocenters. The summed E-state index contributed by atoms with van der Waals surface area (Å²) >= 11 is 0. The lowest BCUT2D eigenvalue weighted by molar-refractivity contribution is 0.621. The molecule has 1 heterocycles. The second-order valence-electron chi connectivity index (χ2n) is 3.34. The van der Waals surface area contributed by atoms with Gasteiger partial charge in [-0.05, 0) is 36.8 Å². The molecule has 2 aromatic rings. The highest BCUT2D eigenvalue weighted by Gasteiger charge is 2.09. The molecule has 74 valence electrons. The average molecular weight is 200 g/mol. The van der Waals surface area contributed by atoms with Gasteiger partial charge < -0.3 is 4.57 Å². The first kappa shape index (κ1) is 9.47. The summed E-state index contributed by atoms with van der Waals surface area (Å²) in [6, 6.07) is 8.71. The first-order valence-electron chi connectivity index (χ1n) is 4.56. The van der Waals surface area contributed by atoms with Gasteiger partial charge in [-0.2, -0.15) is 5.26 Å². The predicted molar refractivity (Wildman–Crippen MR) is 55.2 cm³/mol. The van der Waals surface area contributed by atoms with E-state index in [0.29, 0.717) is 5.69 Å². The van der Waals surface area contributed by atoms with Crippen LogP contribution in [-0.2, 0) is 0 Å². The van der Waals surface area contributed by atoms with Crippen molar-refractivity contribution in [1.29, 1.82) is 5.26 Å². The fraction of sp³-hybridized carbons (Fsp3) is 0.0833. The Morgan fingerprint density at radius 3 is 2.53 bits per heavy atom. The van der Waals surface area contributed by atoms with Gasteiger partial charge in [0.25, 0.3) is 0 Å². The second-order valence-corrected chi connectivity index (χ2v) is 3.34. The summed E-state index contributed by atoms with van der Waals surface area (Å²) in [6.45, 7) is 1.80. The lowest BCUT2D eigenvalue weighted by Crippen LogP contribution is -1.98. The fourth-order valence-electron chi connectivity index (χ4n) is 1.53. The van der Waals surface area contributed by atoms with E-state index in [4.69, 9.17) is 5.26 Å². The third-order valence-corrected chi connectivity index (χ3v) is 2.21. The van der Waals surface area contributed by atoms with Crippen LogP contribution in [0, 0.1) is 24.1 Å². The Labute approximate surface area is 87.2 Å². The summed E-state index contributed by atoms with van der Waals surface area (Å²) in [5, 5.41) is 8.89. The Balaban J connectivity index is 2.71. The number of hydrogen-bond acceptors (Lipinski definition) is 1. The molecular formula is C12H9FN2. The molecule has 2 rings (SSSR count). The van der Waals surface area contributed by atoms with E-state index in [2.05, 4.69) is 0 Å². The van der Waals surface area contributed by atoms with E-state index in [0.717, 1.165) is 5.56 Å². The van der Waals surface area contributed by atoms with Crippen LogP contribution in [0.2, 0.25) is 0 Å². The number of aryl methyl sites for hydroxylation is 1. The molecule has 0 N–H and O–H groups in total. The van der Waals surface area contributed by atoms with Crippen molar-refractivity contribution in [1.82, 2.24) is 4.57 Å². The van der Waals surface area contributed by atoms with Crippen LogP contribution in [0.15, 0.2) is 36.7 Å². The maximum absolute atomic E-state index is 13.5. The summed E-state index contributed by atoms with van der Waals surface area (Å²) in [4.78, 5) is 0. The summed E-state index contributed by atoms with van der Waals surface area (Å²) in [5.41, 5.74) is 1.46. The molecule has 0 radical (unpaired) electrons. The van der Waals surface area contributed by atoms with E-state index >= 15 is 0 Å². The van der Waals surface area contributed by atoms with Crippen molar-refractivity contribution < 1.29 is 4.39 Å². The van der Waals surface area contributed by atoms with E-state index in [-0.39, 0.29) is 5.56 Å². The van der Waals surface area contributed by atoms with Crippen molar-refractivity contribution >= 4 is 0 Å². The first-order chi connectivity index (χ1) is 7.22. The molecular weight excluding hydrogens is 191 g/mol. The third-order valence-electron chi connectivity index (χ3n) is 2.21. The van der Waals surface area contributed by atoms with Gasteiger partial charge >= 0.3 is 0 Å². The molecule has 0 aliphatic heterocycles. The summed E-state index contributed by atoms with van der Waals surface area (Å²) in [5.74, 6) is -0.471. The highest BCUT2D eigenvalue weighted by Crippen LogP contribution is 2.19. The molecule has 0 bridgehead atoms. The molecule has 0 aliphatic rings. The third kappa shape index (κ3) is 1.62. The zero-order chi connectivity index (χ0) is 10.8. The molecule has 0 amide bonds. The molecule has 0 saturated carbocycles. The minimum absolute atomic E-state index is 0.0804. The fourth-order valence-corrected chi connectivity index (χ4v) is 1.53. The molecule has 0 unspecified atom stereocenters. The zero-order valence-corrected chi connectivity index (χ0v) is 8.24. The molecule has 0 aliphatic carbocycles. The number of hydrogen-bond donors (Lipinski definition) is 0. The first-order valence-corrected chi connectivity index (χ1v) is 4.56. The van der Waals surface area contributed by atoms with Crippen LogP contribution in [0.25, 0.3) is 5.69 Å². The van der Waals surface area contributed by atoms with Crippen molar-refractivity contribution in [2.24, 2.45) is 0 Å². The van der Waals surface area contributed by atoms with Gasteiger partial charge in [-0.25, -0.2) is 4.39 Å². The maximum atomic E-state index is 13.5. The Kier molecular flexibility index (Phi) is 2.26.